The van der Waals surface area contributed by atoms with Crippen molar-refractivity contribution in [3.05, 3.63) is 46.3 Å². The molecular weight excluding hydrogens is 459 g/mol. The van der Waals surface area contributed by atoms with Gasteiger partial charge in [-0.05, 0) is 50.3 Å². The number of aromatic nitrogens is 3. The van der Waals surface area contributed by atoms with Crippen LogP contribution in [0, 0.1) is 18.7 Å². The number of benzene rings is 1. The number of amides is 2. The van der Waals surface area contributed by atoms with Crippen LogP contribution in [0.25, 0.3) is 10.3 Å². The highest BCUT2D eigenvalue weighted by atomic mass is 32.1. The smallest absolute Gasteiger partial charge is 0.273 e. The predicted molar refractivity (Wildman–Crippen MR) is 128 cm³/mol. The largest absolute Gasteiger partial charge is 0.353 e. The first-order valence-corrected chi connectivity index (χ1v) is 12.2. The van der Waals surface area contributed by atoms with Gasteiger partial charge in [0.25, 0.3) is 5.56 Å². The average Bonchev–Trinajstić information content (AvgIpc) is 3.52. The van der Waals surface area contributed by atoms with Crippen LogP contribution in [0.2, 0.25) is 0 Å². The number of thiazole rings is 1. The molecule has 1 unspecified atom stereocenters. The first-order valence-electron chi connectivity index (χ1n) is 11.3. The maximum absolute atomic E-state index is 13.5. The number of anilines is 2. The van der Waals surface area contributed by atoms with Crippen LogP contribution in [0.3, 0.4) is 0 Å². The highest BCUT2D eigenvalue weighted by molar-refractivity contribution is 7.22. The number of aryl methyl sites for hydroxylation is 1. The number of hydrogen-bond donors (Lipinski definition) is 2. The molecule has 0 bridgehead atoms. The normalized spacial score (nSPS) is 18.2. The molecular formula is C23H25FN6O3S. The van der Waals surface area contributed by atoms with Gasteiger partial charge in [-0.3, -0.25) is 19.0 Å². The Bertz CT molecular complexity index is 1320. The summed E-state index contributed by atoms with van der Waals surface area (Å²) in [4.78, 5) is 48.8. The summed E-state index contributed by atoms with van der Waals surface area (Å²) in [6, 6.07) is 4.46. The number of hydrogen-bond acceptors (Lipinski definition) is 7. The summed E-state index contributed by atoms with van der Waals surface area (Å²) in [7, 11) is 0. The van der Waals surface area contributed by atoms with Crippen molar-refractivity contribution in [1.29, 1.82) is 0 Å². The molecule has 1 saturated carbocycles. The minimum absolute atomic E-state index is 0.0911. The van der Waals surface area contributed by atoms with Crippen molar-refractivity contribution in [2.45, 2.75) is 45.2 Å². The number of carbonyl (C=O) groups excluding carboxylic acids is 2. The van der Waals surface area contributed by atoms with Gasteiger partial charge in [-0.1, -0.05) is 17.4 Å². The van der Waals surface area contributed by atoms with E-state index in [1.165, 1.54) is 34.4 Å². The van der Waals surface area contributed by atoms with E-state index in [4.69, 9.17) is 0 Å². The summed E-state index contributed by atoms with van der Waals surface area (Å²) in [6.45, 7) is 2.82. The third-order valence-electron chi connectivity index (χ3n) is 6.15. The lowest BCUT2D eigenvalue weighted by Crippen LogP contribution is -2.43. The molecule has 2 N–H and O–H groups in total. The van der Waals surface area contributed by atoms with Gasteiger partial charge in [-0.25, -0.2) is 9.37 Å². The standard InChI is InChI=1S/C23H25FN6O3S/c1-13-4-5-15(24)9-17(13)27-18(31)11-30-12-25-20-19(22(30)33)34-23(28-20)29-8-2-3-14(10-29)21(32)26-16-6-7-16/h4-5,9,12,14,16H,2-3,6-8,10-11H2,1H3,(H,26,32)(H,27,31). The maximum atomic E-state index is 13.5. The van der Waals surface area contributed by atoms with Crippen LogP contribution in [0.15, 0.2) is 29.3 Å². The number of carbonyl (C=O) groups is 2. The Balaban J connectivity index is 1.31. The minimum atomic E-state index is -0.456. The Labute approximate surface area is 199 Å². The molecule has 1 aliphatic heterocycles. The van der Waals surface area contributed by atoms with Gasteiger partial charge in [0.2, 0.25) is 11.8 Å². The lowest BCUT2D eigenvalue weighted by Gasteiger charge is -2.31. The molecule has 5 rings (SSSR count). The second-order valence-corrected chi connectivity index (χ2v) is 9.88. The Morgan fingerprint density at radius 3 is 2.88 bits per heavy atom. The fourth-order valence-electron chi connectivity index (χ4n) is 4.07. The molecule has 1 saturated heterocycles. The van der Waals surface area contributed by atoms with Gasteiger partial charge in [0.1, 0.15) is 23.4 Å². The first-order chi connectivity index (χ1) is 16.4. The molecule has 2 aliphatic rings. The van der Waals surface area contributed by atoms with E-state index in [9.17, 15) is 18.8 Å². The summed E-state index contributed by atoms with van der Waals surface area (Å²) >= 11 is 1.23. The predicted octanol–water partition coefficient (Wildman–Crippen LogP) is 2.43. The molecule has 2 fully saturated rings. The van der Waals surface area contributed by atoms with Crippen LogP contribution in [-0.2, 0) is 16.1 Å². The third-order valence-corrected chi connectivity index (χ3v) is 7.24. The van der Waals surface area contributed by atoms with Crippen molar-refractivity contribution < 1.29 is 14.0 Å². The van der Waals surface area contributed by atoms with Crippen LogP contribution < -0.4 is 21.1 Å². The summed E-state index contributed by atoms with van der Waals surface area (Å²) in [5.41, 5.74) is 1.04. The monoisotopic (exact) mass is 484 g/mol. The van der Waals surface area contributed by atoms with E-state index in [0.717, 1.165) is 32.2 Å². The van der Waals surface area contributed by atoms with Crippen molar-refractivity contribution in [2.75, 3.05) is 23.3 Å². The topological polar surface area (TPSA) is 109 Å². The Hall–Kier alpha value is -3.34. The van der Waals surface area contributed by atoms with E-state index in [1.807, 2.05) is 4.90 Å². The number of nitrogens with zero attached hydrogens (tertiary/aromatic N) is 4. The van der Waals surface area contributed by atoms with E-state index < -0.39 is 11.7 Å². The molecule has 2 aromatic heterocycles. The number of piperidine rings is 1. The van der Waals surface area contributed by atoms with Gasteiger partial charge in [-0.2, -0.15) is 4.98 Å². The van der Waals surface area contributed by atoms with Gasteiger partial charge < -0.3 is 15.5 Å². The Morgan fingerprint density at radius 2 is 2.09 bits per heavy atom. The number of fused-ring (bicyclic) bond motifs is 1. The molecule has 0 spiro atoms. The zero-order valence-corrected chi connectivity index (χ0v) is 19.5. The van der Waals surface area contributed by atoms with Crippen molar-refractivity contribution in [3.8, 4) is 0 Å². The van der Waals surface area contributed by atoms with Gasteiger partial charge in [0.05, 0.1) is 5.92 Å². The lowest BCUT2D eigenvalue weighted by atomic mass is 9.97. The molecule has 178 valence electrons. The molecule has 1 aliphatic carbocycles. The van der Waals surface area contributed by atoms with E-state index in [0.29, 0.717) is 39.3 Å². The fraction of sp³-hybridized carbons (Fsp3) is 0.435. The highest BCUT2D eigenvalue weighted by Gasteiger charge is 2.31. The van der Waals surface area contributed by atoms with Crippen LogP contribution in [-0.4, -0.2) is 45.5 Å². The Morgan fingerprint density at radius 1 is 1.26 bits per heavy atom. The molecule has 9 nitrogen and oxygen atoms in total. The quantitative estimate of drug-likeness (QED) is 0.556. The molecule has 1 aromatic carbocycles. The molecule has 2 amide bonds. The van der Waals surface area contributed by atoms with E-state index in [2.05, 4.69) is 20.6 Å². The summed E-state index contributed by atoms with van der Waals surface area (Å²) in [5.74, 6) is -0.917. The summed E-state index contributed by atoms with van der Waals surface area (Å²) < 4.78 is 15.1. The van der Waals surface area contributed by atoms with Gasteiger partial charge >= 0.3 is 0 Å². The molecule has 0 radical (unpaired) electrons. The lowest BCUT2D eigenvalue weighted by molar-refractivity contribution is -0.125. The van der Waals surface area contributed by atoms with Crippen molar-refractivity contribution in [2.24, 2.45) is 5.92 Å². The number of nitrogens with one attached hydrogen (secondary N) is 2. The van der Waals surface area contributed by atoms with Gasteiger partial charge in [0.15, 0.2) is 10.8 Å². The third kappa shape index (κ3) is 4.79. The van der Waals surface area contributed by atoms with Crippen LogP contribution in [0.1, 0.15) is 31.2 Å². The summed E-state index contributed by atoms with van der Waals surface area (Å²) in [6.07, 6.45) is 5.12. The number of halogens is 1. The SMILES string of the molecule is Cc1ccc(F)cc1NC(=O)Cn1cnc2nc(N3CCCC(C(=O)NC4CC4)C3)sc2c1=O. The van der Waals surface area contributed by atoms with Crippen molar-refractivity contribution in [3.63, 3.8) is 0 Å². The van der Waals surface area contributed by atoms with Gasteiger partial charge in [0, 0.05) is 24.8 Å². The molecule has 11 heteroatoms. The zero-order valence-electron chi connectivity index (χ0n) is 18.7. The van der Waals surface area contributed by atoms with Crippen molar-refractivity contribution >= 4 is 44.3 Å². The van der Waals surface area contributed by atoms with Crippen LogP contribution >= 0.6 is 11.3 Å². The molecule has 1 atom stereocenters. The van der Waals surface area contributed by atoms with Crippen molar-refractivity contribution in [1.82, 2.24) is 19.9 Å². The van der Waals surface area contributed by atoms with E-state index in [1.54, 1.807) is 13.0 Å². The van der Waals surface area contributed by atoms with Crippen LogP contribution in [0.5, 0.6) is 0 Å². The van der Waals surface area contributed by atoms with Crippen LogP contribution in [0.4, 0.5) is 15.2 Å². The second-order valence-electron chi connectivity index (χ2n) is 8.90. The molecule has 3 heterocycles. The average molecular weight is 485 g/mol. The maximum Gasteiger partial charge on any atom is 0.273 e. The van der Waals surface area contributed by atoms with Gasteiger partial charge in [-0.15, -0.1) is 0 Å². The fourth-order valence-corrected chi connectivity index (χ4v) is 5.07. The van der Waals surface area contributed by atoms with E-state index >= 15 is 0 Å². The Kier molecular flexibility index (Phi) is 6.03. The first kappa shape index (κ1) is 22.5. The number of rotatable bonds is 6. The zero-order chi connectivity index (χ0) is 23.8. The molecule has 3 aromatic rings. The van der Waals surface area contributed by atoms with E-state index in [-0.39, 0.29) is 23.9 Å². The highest BCUT2D eigenvalue weighted by Crippen LogP contribution is 2.30. The molecule has 34 heavy (non-hydrogen) atoms. The second kappa shape index (κ2) is 9.13. The minimum Gasteiger partial charge on any atom is -0.353 e. The summed E-state index contributed by atoms with van der Waals surface area (Å²) in [5, 5.41) is 6.37.